The van der Waals surface area contributed by atoms with E-state index >= 15 is 0 Å². The topological polar surface area (TPSA) is 155 Å². The molecule has 0 spiro atoms. The first-order valence-electron chi connectivity index (χ1n) is 11.7. The van der Waals surface area contributed by atoms with Gasteiger partial charge in [-0.1, -0.05) is 6.07 Å². The SMILES string of the molecule is CC(=O)c1cc(C(=O)NCc2ccc3c(c2)CC(=O)CO3)nc2c(F)cnn12.COC(=O)c1cc(CN)cs1. The third-order valence-corrected chi connectivity index (χ3v) is 6.61. The Labute approximate surface area is 225 Å². The lowest BCUT2D eigenvalue weighted by atomic mass is 10.0. The standard InChI is InChI=1S/C19H15FN4O4.C7H9NO2S/c1-10(25)16-6-15(23-18-14(20)8-22-24(16)18)19(27)21-7-11-2-3-17-12(4-11)5-13(26)9-28-17;1-10-7(9)6-2-5(3-8)4-11-6/h2-4,6,8H,5,7,9H2,1H3,(H,21,27);2,4H,3,8H2,1H3. The lowest BCUT2D eigenvalue weighted by Gasteiger charge is -2.17. The van der Waals surface area contributed by atoms with Gasteiger partial charge in [0.2, 0.25) is 0 Å². The van der Waals surface area contributed by atoms with Gasteiger partial charge in [0.15, 0.2) is 23.0 Å². The second kappa shape index (κ2) is 11.9. The summed E-state index contributed by atoms with van der Waals surface area (Å²) in [6.07, 6.45) is 1.23. The molecule has 202 valence electrons. The number of benzene rings is 1. The summed E-state index contributed by atoms with van der Waals surface area (Å²) in [5.74, 6) is -1.30. The number of methoxy groups -OCH3 is 1. The van der Waals surface area contributed by atoms with Crippen molar-refractivity contribution in [1.82, 2.24) is 19.9 Å². The van der Waals surface area contributed by atoms with Crippen LogP contribution in [0.5, 0.6) is 5.75 Å². The van der Waals surface area contributed by atoms with E-state index < -0.39 is 11.7 Å². The number of Topliss-reactive ketones (excluding diaryl/α,β-unsaturated/α-hetero) is 2. The van der Waals surface area contributed by atoms with Crippen molar-refractivity contribution in [2.75, 3.05) is 13.7 Å². The first-order valence-corrected chi connectivity index (χ1v) is 12.5. The summed E-state index contributed by atoms with van der Waals surface area (Å²) < 4.78 is 24.8. The lowest BCUT2D eigenvalue weighted by molar-refractivity contribution is -0.121. The number of nitrogens with zero attached hydrogens (tertiary/aromatic N) is 3. The van der Waals surface area contributed by atoms with Gasteiger partial charge < -0.3 is 20.5 Å². The number of hydrogen-bond acceptors (Lipinski definition) is 10. The van der Waals surface area contributed by atoms with Crippen LogP contribution in [-0.4, -0.2) is 51.8 Å². The van der Waals surface area contributed by atoms with Crippen molar-refractivity contribution in [2.24, 2.45) is 5.73 Å². The molecule has 0 fully saturated rings. The van der Waals surface area contributed by atoms with E-state index in [9.17, 15) is 23.6 Å². The first-order chi connectivity index (χ1) is 18.7. The molecule has 1 amide bonds. The van der Waals surface area contributed by atoms with E-state index in [0.29, 0.717) is 17.2 Å². The van der Waals surface area contributed by atoms with Gasteiger partial charge in [-0.2, -0.15) is 5.10 Å². The fourth-order valence-corrected chi connectivity index (χ4v) is 4.55. The monoisotopic (exact) mass is 553 g/mol. The minimum absolute atomic E-state index is 0.00853. The highest BCUT2D eigenvalue weighted by molar-refractivity contribution is 7.12. The lowest BCUT2D eigenvalue weighted by Crippen LogP contribution is -2.25. The van der Waals surface area contributed by atoms with Crippen LogP contribution < -0.4 is 15.8 Å². The van der Waals surface area contributed by atoms with Crippen LogP contribution in [0.15, 0.2) is 41.9 Å². The molecular weight excluding hydrogens is 529 g/mol. The number of rotatable bonds is 6. The van der Waals surface area contributed by atoms with Crippen molar-refractivity contribution in [1.29, 1.82) is 0 Å². The molecule has 0 bridgehead atoms. The molecule has 3 aromatic heterocycles. The van der Waals surface area contributed by atoms with Gasteiger partial charge in [-0.25, -0.2) is 18.7 Å². The molecule has 39 heavy (non-hydrogen) atoms. The normalized spacial score (nSPS) is 12.2. The third-order valence-electron chi connectivity index (χ3n) is 5.65. The number of fused-ring (bicyclic) bond motifs is 2. The summed E-state index contributed by atoms with van der Waals surface area (Å²) in [7, 11) is 1.37. The van der Waals surface area contributed by atoms with Crippen LogP contribution >= 0.6 is 11.3 Å². The number of carbonyl (C=O) groups is 4. The second-order valence-corrected chi connectivity index (χ2v) is 9.37. The predicted octanol–water partition coefficient (Wildman–Crippen LogP) is 2.50. The van der Waals surface area contributed by atoms with Gasteiger partial charge in [-0.05, 0) is 40.8 Å². The first kappa shape index (κ1) is 27.5. The Morgan fingerprint density at radius 3 is 2.72 bits per heavy atom. The van der Waals surface area contributed by atoms with Gasteiger partial charge in [0.05, 0.1) is 13.3 Å². The quantitative estimate of drug-likeness (QED) is 0.271. The van der Waals surface area contributed by atoms with E-state index in [-0.39, 0.29) is 54.1 Å². The van der Waals surface area contributed by atoms with Crippen molar-refractivity contribution >= 4 is 40.4 Å². The number of aromatic nitrogens is 3. The molecular formula is C26H24FN5O6S. The zero-order valence-corrected chi connectivity index (χ0v) is 21.8. The molecule has 11 nitrogen and oxygen atoms in total. The molecule has 1 aliphatic rings. The molecule has 0 aliphatic carbocycles. The summed E-state index contributed by atoms with van der Waals surface area (Å²) in [5.41, 5.74) is 7.64. The smallest absolute Gasteiger partial charge is 0.348 e. The van der Waals surface area contributed by atoms with Gasteiger partial charge in [0.25, 0.3) is 5.91 Å². The Morgan fingerprint density at radius 2 is 2.03 bits per heavy atom. The van der Waals surface area contributed by atoms with Gasteiger partial charge in [0.1, 0.15) is 28.6 Å². The van der Waals surface area contributed by atoms with Crippen LogP contribution in [0.4, 0.5) is 4.39 Å². The Morgan fingerprint density at radius 1 is 1.23 bits per heavy atom. The Hall–Kier alpha value is -4.49. The minimum Gasteiger partial charge on any atom is -0.486 e. The zero-order valence-electron chi connectivity index (χ0n) is 21.0. The zero-order chi connectivity index (χ0) is 28.1. The average Bonchev–Trinajstić information content (AvgIpc) is 3.57. The fraction of sp³-hybridized carbons (Fsp3) is 0.231. The Bertz CT molecular complexity index is 1580. The van der Waals surface area contributed by atoms with E-state index in [1.54, 1.807) is 24.3 Å². The molecule has 0 saturated heterocycles. The highest BCUT2D eigenvalue weighted by atomic mass is 32.1. The largest absolute Gasteiger partial charge is 0.486 e. The molecule has 0 unspecified atom stereocenters. The van der Waals surface area contributed by atoms with Gasteiger partial charge in [-0.15, -0.1) is 11.3 Å². The van der Waals surface area contributed by atoms with Crippen molar-refractivity contribution in [3.05, 3.63) is 80.7 Å². The van der Waals surface area contributed by atoms with Crippen LogP contribution in [0.2, 0.25) is 0 Å². The molecule has 1 aromatic carbocycles. The van der Waals surface area contributed by atoms with Crippen LogP contribution in [0.3, 0.4) is 0 Å². The van der Waals surface area contributed by atoms with E-state index in [4.69, 9.17) is 10.5 Å². The molecule has 0 radical (unpaired) electrons. The average molecular weight is 554 g/mol. The number of halogens is 1. The fourth-order valence-electron chi connectivity index (χ4n) is 3.71. The van der Waals surface area contributed by atoms with E-state index in [1.165, 1.54) is 31.4 Å². The number of amides is 1. The number of nitrogens with two attached hydrogens (primary N) is 1. The van der Waals surface area contributed by atoms with Crippen LogP contribution in [0.1, 0.15) is 54.3 Å². The van der Waals surface area contributed by atoms with Crippen molar-refractivity contribution < 1.29 is 33.0 Å². The maximum atomic E-state index is 13.8. The summed E-state index contributed by atoms with van der Waals surface area (Å²) in [6, 6.07) is 8.35. The van der Waals surface area contributed by atoms with Gasteiger partial charge in [-0.3, -0.25) is 14.4 Å². The van der Waals surface area contributed by atoms with Crippen molar-refractivity contribution in [3.63, 3.8) is 0 Å². The van der Waals surface area contributed by atoms with Gasteiger partial charge >= 0.3 is 5.97 Å². The maximum Gasteiger partial charge on any atom is 0.348 e. The highest BCUT2D eigenvalue weighted by Gasteiger charge is 2.19. The third kappa shape index (κ3) is 6.33. The molecule has 0 atom stereocenters. The van der Waals surface area contributed by atoms with E-state index in [2.05, 4.69) is 20.1 Å². The summed E-state index contributed by atoms with van der Waals surface area (Å²) in [5, 5.41) is 8.31. The van der Waals surface area contributed by atoms with E-state index in [0.717, 1.165) is 27.4 Å². The van der Waals surface area contributed by atoms with Crippen LogP contribution in [0.25, 0.3) is 5.65 Å². The Kier molecular flexibility index (Phi) is 8.42. The van der Waals surface area contributed by atoms with Crippen molar-refractivity contribution in [2.45, 2.75) is 26.4 Å². The van der Waals surface area contributed by atoms with Crippen LogP contribution in [0, 0.1) is 5.82 Å². The van der Waals surface area contributed by atoms with Crippen molar-refractivity contribution in [3.8, 4) is 5.75 Å². The van der Waals surface area contributed by atoms with Crippen LogP contribution in [-0.2, 0) is 29.0 Å². The maximum absolute atomic E-state index is 13.8. The minimum atomic E-state index is -0.725. The number of hydrogen-bond donors (Lipinski definition) is 2. The molecule has 3 N–H and O–H groups in total. The molecule has 4 aromatic rings. The Balaban J connectivity index is 0.000000270. The van der Waals surface area contributed by atoms with Gasteiger partial charge in [0, 0.05) is 32.0 Å². The predicted molar refractivity (Wildman–Crippen MR) is 138 cm³/mol. The molecule has 5 rings (SSSR count). The number of esters is 1. The summed E-state index contributed by atoms with van der Waals surface area (Å²) in [6.45, 7) is 2.01. The molecule has 1 aliphatic heterocycles. The highest BCUT2D eigenvalue weighted by Crippen LogP contribution is 2.24. The summed E-state index contributed by atoms with van der Waals surface area (Å²) in [4.78, 5) is 51.3. The molecule has 13 heteroatoms. The number of ketones is 2. The second-order valence-electron chi connectivity index (χ2n) is 8.45. The number of thiophene rings is 1. The number of nitrogens with one attached hydrogen (secondary N) is 1. The number of carbonyl (C=O) groups excluding carboxylic acids is 4. The summed E-state index contributed by atoms with van der Waals surface area (Å²) >= 11 is 1.35. The number of ether oxygens (including phenoxy) is 2. The molecule has 4 heterocycles. The van der Waals surface area contributed by atoms with E-state index in [1.807, 2.05) is 5.38 Å². The molecule has 0 saturated carbocycles.